The van der Waals surface area contributed by atoms with Crippen molar-refractivity contribution in [1.29, 1.82) is 0 Å². The zero-order valence-electron chi connectivity index (χ0n) is 13.0. The normalized spacial score (nSPS) is 10.5. The third-order valence-electron chi connectivity index (χ3n) is 3.68. The Labute approximate surface area is 135 Å². The number of aryl methyl sites for hydroxylation is 1. The van der Waals surface area contributed by atoms with Gasteiger partial charge < -0.3 is 9.84 Å². The lowest BCUT2D eigenvalue weighted by molar-refractivity contribution is 0.0953. The number of benzene rings is 2. The van der Waals surface area contributed by atoms with E-state index in [-0.39, 0.29) is 5.91 Å². The highest BCUT2D eigenvalue weighted by atomic mass is 16.5. The number of carbonyl (C=O) groups is 1. The van der Waals surface area contributed by atoms with E-state index < -0.39 is 0 Å². The quantitative estimate of drug-likeness (QED) is 0.783. The summed E-state index contributed by atoms with van der Waals surface area (Å²) in [6.07, 6.45) is 0.789. The molecule has 3 rings (SSSR count). The summed E-state index contributed by atoms with van der Waals surface area (Å²) in [7, 11) is 0. The first kappa shape index (κ1) is 15.0. The van der Waals surface area contributed by atoms with Crippen LogP contribution in [0.2, 0.25) is 0 Å². The molecule has 0 unspecified atom stereocenters. The van der Waals surface area contributed by atoms with Gasteiger partial charge in [-0.15, -0.1) is 0 Å². The van der Waals surface area contributed by atoms with Gasteiger partial charge in [0.25, 0.3) is 5.91 Å². The van der Waals surface area contributed by atoms with Gasteiger partial charge in [-0.1, -0.05) is 65.8 Å². The molecule has 0 aliphatic rings. The molecular formula is C19H18N2O2. The maximum Gasteiger partial charge on any atom is 0.257 e. The third-order valence-corrected chi connectivity index (χ3v) is 3.68. The van der Waals surface area contributed by atoms with E-state index in [2.05, 4.69) is 10.5 Å². The van der Waals surface area contributed by atoms with Crippen molar-refractivity contribution < 1.29 is 9.32 Å². The minimum absolute atomic E-state index is 0.154. The van der Waals surface area contributed by atoms with Crippen LogP contribution in [-0.2, 0) is 6.42 Å². The zero-order valence-corrected chi connectivity index (χ0v) is 13.0. The highest BCUT2D eigenvalue weighted by Crippen LogP contribution is 2.24. The minimum Gasteiger partial charge on any atom is -0.360 e. The van der Waals surface area contributed by atoms with Gasteiger partial charge in [0.15, 0.2) is 0 Å². The van der Waals surface area contributed by atoms with Gasteiger partial charge >= 0.3 is 0 Å². The van der Waals surface area contributed by atoms with Crippen molar-refractivity contribution in [2.24, 2.45) is 0 Å². The number of hydrogen-bond donors (Lipinski definition) is 1. The molecule has 1 amide bonds. The first-order valence-electron chi connectivity index (χ1n) is 7.59. The van der Waals surface area contributed by atoms with Crippen LogP contribution < -0.4 is 5.32 Å². The Morgan fingerprint density at radius 1 is 1.04 bits per heavy atom. The van der Waals surface area contributed by atoms with Crippen molar-refractivity contribution in [2.45, 2.75) is 13.3 Å². The predicted molar refractivity (Wildman–Crippen MR) is 89.2 cm³/mol. The number of nitrogens with zero attached hydrogens (tertiary/aromatic N) is 1. The monoisotopic (exact) mass is 306 g/mol. The lowest BCUT2D eigenvalue weighted by Gasteiger charge is -2.06. The van der Waals surface area contributed by atoms with Crippen molar-refractivity contribution in [3.63, 3.8) is 0 Å². The lowest BCUT2D eigenvalue weighted by Crippen LogP contribution is -2.26. The van der Waals surface area contributed by atoms with Crippen LogP contribution in [0.5, 0.6) is 0 Å². The summed E-state index contributed by atoms with van der Waals surface area (Å²) in [6, 6.07) is 19.6. The van der Waals surface area contributed by atoms with E-state index in [0.717, 1.165) is 12.0 Å². The Balaban J connectivity index is 1.71. The van der Waals surface area contributed by atoms with E-state index in [0.29, 0.717) is 23.6 Å². The van der Waals surface area contributed by atoms with E-state index in [1.54, 1.807) is 6.92 Å². The molecule has 116 valence electrons. The molecule has 0 bridgehead atoms. The highest BCUT2D eigenvalue weighted by molar-refractivity contribution is 6.00. The summed E-state index contributed by atoms with van der Waals surface area (Å²) in [5, 5.41) is 6.98. The van der Waals surface area contributed by atoms with Gasteiger partial charge in [-0.2, -0.15) is 0 Å². The molecule has 1 N–H and O–H groups in total. The highest BCUT2D eigenvalue weighted by Gasteiger charge is 2.20. The number of hydrogen-bond acceptors (Lipinski definition) is 3. The van der Waals surface area contributed by atoms with Crippen LogP contribution in [-0.4, -0.2) is 17.6 Å². The fourth-order valence-corrected chi connectivity index (χ4v) is 2.49. The molecule has 4 heteroatoms. The summed E-state index contributed by atoms with van der Waals surface area (Å²) in [5.74, 6) is 0.375. The predicted octanol–water partition coefficient (Wildman–Crippen LogP) is 3.62. The van der Waals surface area contributed by atoms with Crippen molar-refractivity contribution >= 4 is 5.91 Å². The SMILES string of the molecule is Cc1onc(-c2ccccc2)c1C(=O)NCCc1ccccc1. The second kappa shape index (κ2) is 6.92. The molecule has 0 aliphatic heterocycles. The molecule has 1 aromatic heterocycles. The van der Waals surface area contributed by atoms with Crippen LogP contribution >= 0.6 is 0 Å². The summed E-state index contributed by atoms with van der Waals surface area (Å²) >= 11 is 0. The zero-order chi connectivity index (χ0) is 16.1. The molecule has 0 aliphatic carbocycles. The first-order chi connectivity index (χ1) is 11.3. The summed E-state index contributed by atoms with van der Waals surface area (Å²) < 4.78 is 5.22. The standard InChI is InChI=1S/C19H18N2O2/c1-14-17(18(21-23-14)16-10-6-3-7-11-16)19(22)20-13-12-15-8-4-2-5-9-15/h2-11H,12-13H2,1H3,(H,20,22). The van der Waals surface area contributed by atoms with Gasteiger partial charge in [-0.3, -0.25) is 4.79 Å². The van der Waals surface area contributed by atoms with Gasteiger partial charge in [-0.25, -0.2) is 0 Å². The smallest absolute Gasteiger partial charge is 0.257 e. The molecule has 3 aromatic rings. The maximum absolute atomic E-state index is 12.5. The van der Waals surface area contributed by atoms with Crippen LogP contribution in [0, 0.1) is 6.92 Å². The second-order valence-electron chi connectivity index (χ2n) is 5.32. The van der Waals surface area contributed by atoms with Crippen LogP contribution in [0.1, 0.15) is 21.7 Å². The molecule has 4 nitrogen and oxygen atoms in total. The third kappa shape index (κ3) is 3.48. The molecule has 1 heterocycles. The van der Waals surface area contributed by atoms with Crippen LogP contribution in [0.3, 0.4) is 0 Å². The molecule has 0 saturated heterocycles. The first-order valence-corrected chi connectivity index (χ1v) is 7.59. The Kier molecular flexibility index (Phi) is 4.52. The van der Waals surface area contributed by atoms with E-state index in [4.69, 9.17) is 4.52 Å². The Hall–Kier alpha value is -2.88. The Morgan fingerprint density at radius 3 is 2.39 bits per heavy atom. The molecule has 0 saturated carbocycles. The fourth-order valence-electron chi connectivity index (χ4n) is 2.49. The summed E-state index contributed by atoms with van der Waals surface area (Å²) in [5.41, 5.74) is 3.15. The lowest BCUT2D eigenvalue weighted by atomic mass is 10.1. The molecular weight excluding hydrogens is 288 g/mol. The number of rotatable bonds is 5. The van der Waals surface area contributed by atoms with Gasteiger partial charge in [0.05, 0.1) is 0 Å². The van der Waals surface area contributed by atoms with Gasteiger partial charge in [0, 0.05) is 12.1 Å². The number of amides is 1. The van der Waals surface area contributed by atoms with Crippen LogP contribution in [0.4, 0.5) is 0 Å². The maximum atomic E-state index is 12.5. The minimum atomic E-state index is -0.154. The van der Waals surface area contributed by atoms with Crippen molar-refractivity contribution in [3.8, 4) is 11.3 Å². The van der Waals surface area contributed by atoms with Gasteiger partial charge in [-0.05, 0) is 18.9 Å². The molecule has 2 aromatic carbocycles. The van der Waals surface area contributed by atoms with Crippen molar-refractivity contribution in [2.75, 3.05) is 6.54 Å². The summed E-state index contributed by atoms with van der Waals surface area (Å²) in [4.78, 5) is 12.5. The van der Waals surface area contributed by atoms with E-state index in [1.807, 2.05) is 60.7 Å². The van der Waals surface area contributed by atoms with E-state index in [1.165, 1.54) is 5.56 Å². The molecule has 0 spiro atoms. The van der Waals surface area contributed by atoms with Gasteiger partial charge in [0.1, 0.15) is 17.0 Å². The average molecular weight is 306 g/mol. The topological polar surface area (TPSA) is 55.1 Å². The molecule has 0 fully saturated rings. The average Bonchev–Trinajstić information content (AvgIpc) is 2.98. The van der Waals surface area contributed by atoms with E-state index >= 15 is 0 Å². The second-order valence-corrected chi connectivity index (χ2v) is 5.32. The molecule has 0 radical (unpaired) electrons. The van der Waals surface area contributed by atoms with E-state index in [9.17, 15) is 4.79 Å². The Bertz CT molecular complexity index is 780. The fraction of sp³-hybridized carbons (Fsp3) is 0.158. The number of aromatic nitrogens is 1. The molecule has 0 atom stereocenters. The molecule has 23 heavy (non-hydrogen) atoms. The van der Waals surface area contributed by atoms with Crippen molar-refractivity contribution in [1.82, 2.24) is 10.5 Å². The van der Waals surface area contributed by atoms with Gasteiger partial charge in [0.2, 0.25) is 0 Å². The Morgan fingerprint density at radius 2 is 1.70 bits per heavy atom. The van der Waals surface area contributed by atoms with Crippen LogP contribution in [0.15, 0.2) is 65.2 Å². The van der Waals surface area contributed by atoms with Crippen molar-refractivity contribution in [3.05, 3.63) is 77.6 Å². The number of carbonyl (C=O) groups excluding carboxylic acids is 1. The number of nitrogens with one attached hydrogen (secondary N) is 1. The largest absolute Gasteiger partial charge is 0.360 e. The van der Waals surface area contributed by atoms with Crippen LogP contribution in [0.25, 0.3) is 11.3 Å². The summed E-state index contributed by atoms with van der Waals surface area (Å²) in [6.45, 7) is 2.33.